The number of rotatable bonds is 7. The standard InChI is InChI=1S/C20H26N2O4S/c1-5-26-19(23)12-18(22-27(24,25)20(2,3)4)17-11-16(13-21-14-17)15-9-7-6-8-10-15/h6-11,13-14,18,22H,5,12H2,1-4H3/t18-/m0/s1. The zero-order valence-electron chi connectivity index (χ0n) is 16.1. The van der Waals surface area contributed by atoms with Crippen LogP contribution in [0.5, 0.6) is 0 Å². The lowest BCUT2D eigenvalue weighted by molar-refractivity contribution is -0.143. The Morgan fingerprint density at radius 3 is 2.41 bits per heavy atom. The average Bonchev–Trinajstić information content (AvgIpc) is 2.61. The molecule has 1 heterocycles. The minimum atomic E-state index is -3.67. The SMILES string of the molecule is CCOC(=O)C[C@H](NS(=O)(=O)C(C)(C)C)c1cncc(-c2ccccc2)c1. The Morgan fingerprint density at radius 1 is 1.15 bits per heavy atom. The van der Waals surface area contributed by atoms with Crippen LogP contribution in [0.1, 0.15) is 45.7 Å². The van der Waals surface area contributed by atoms with Crippen LogP contribution in [0.3, 0.4) is 0 Å². The van der Waals surface area contributed by atoms with E-state index in [2.05, 4.69) is 9.71 Å². The Bertz CT molecular complexity index is 874. The van der Waals surface area contributed by atoms with Crippen molar-refractivity contribution in [3.8, 4) is 11.1 Å². The highest BCUT2D eigenvalue weighted by Gasteiger charge is 2.33. The predicted octanol–water partition coefficient (Wildman–Crippen LogP) is 3.46. The molecule has 6 nitrogen and oxygen atoms in total. The van der Waals surface area contributed by atoms with Gasteiger partial charge in [-0.05, 0) is 44.9 Å². The van der Waals surface area contributed by atoms with Gasteiger partial charge in [0, 0.05) is 18.0 Å². The Labute approximate surface area is 161 Å². The summed E-state index contributed by atoms with van der Waals surface area (Å²) in [5.41, 5.74) is 2.41. The number of nitrogens with one attached hydrogen (secondary N) is 1. The molecular formula is C20H26N2O4S. The van der Waals surface area contributed by atoms with E-state index in [9.17, 15) is 13.2 Å². The van der Waals surface area contributed by atoms with Crippen molar-refractivity contribution in [1.82, 2.24) is 9.71 Å². The van der Waals surface area contributed by atoms with Crippen LogP contribution in [0.25, 0.3) is 11.1 Å². The lowest BCUT2D eigenvalue weighted by atomic mass is 10.0. The third-order valence-electron chi connectivity index (χ3n) is 4.05. The fourth-order valence-corrected chi connectivity index (χ4v) is 3.36. The number of carbonyl (C=O) groups is 1. The highest BCUT2D eigenvalue weighted by molar-refractivity contribution is 7.90. The molecule has 146 valence electrons. The molecule has 27 heavy (non-hydrogen) atoms. The summed E-state index contributed by atoms with van der Waals surface area (Å²) in [4.78, 5) is 16.3. The van der Waals surface area contributed by atoms with E-state index in [4.69, 9.17) is 4.74 Å². The van der Waals surface area contributed by atoms with Crippen molar-refractivity contribution in [3.05, 3.63) is 54.4 Å². The topological polar surface area (TPSA) is 85.4 Å². The Hall–Kier alpha value is -2.25. The number of carbonyl (C=O) groups excluding carboxylic acids is 1. The highest BCUT2D eigenvalue weighted by atomic mass is 32.2. The molecule has 0 aliphatic heterocycles. The smallest absolute Gasteiger partial charge is 0.307 e. The molecule has 0 saturated heterocycles. The summed E-state index contributed by atoms with van der Waals surface area (Å²) >= 11 is 0. The summed E-state index contributed by atoms with van der Waals surface area (Å²) in [5.74, 6) is -0.468. The van der Waals surface area contributed by atoms with Crippen molar-refractivity contribution in [2.24, 2.45) is 0 Å². The van der Waals surface area contributed by atoms with Crippen molar-refractivity contribution in [2.45, 2.75) is 44.9 Å². The number of aromatic nitrogens is 1. The molecule has 0 fully saturated rings. The number of nitrogens with zero attached hydrogens (tertiary/aromatic N) is 1. The molecule has 0 aliphatic rings. The molecule has 0 aliphatic carbocycles. The molecule has 2 rings (SSSR count). The molecular weight excluding hydrogens is 364 g/mol. The van der Waals surface area contributed by atoms with E-state index in [0.717, 1.165) is 11.1 Å². The summed E-state index contributed by atoms with van der Waals surface area (Å²) in [6, 6.07) is 10.7. The van der Waals surface area contributed by atoms with Crippen LogP contribution in [-0.2, 0) is 19.6 Å². The van der Waals surface area contributed by atoms with Crippen LogP contribution in [0.4, 0.5) is 0 Å². The van der Waals surface area contributed by atoms with Crippen LogP contribution in [0.15, 0.2) is 48.8 Å². The third kappa shape index (κ3) is 5.61. The summed E-state index contributed by atoms with van der Waals surface area (Å²) in [7, 11) is -3.67. The monoisotopic (exact) mass is 390 g/mol. The number of benzene rings is 1. The third-order valence-corrected chi connectivity index (χ3v) is 6.26. The van der Waals surface area contributed by atoms with Crippen LogP contribution >= 0.6 is 0 Å². The van der Waals surface area contributed by atoms with Crippen LogP contribution in [0.2, 0.25) is 0 Å². The normalized spacial score (nSPS) is 13.2. The largest absolute Gasteiger partial charge is 0.466 e. The molecule has 0 unspecified atom stereocenters. The number of hydrogen-bond donors (Lipinski definition) is 1. The van der Waals surface area contributed by atoms with E-state index < -0.39 is 26.8 Å². The maximum Gasteiger partial charge on any atom is 0.307 e. The van der Waals surface area contributed by atoms with Gasteiger partial charge in [-0.1, -0.05) is 30.3 Å². The zero-order valence-corrected chi connectivity index (χ0v) is 16.9. The number of sulfonamides is 1. The lowest BCUT2D eigenvalue weighted by Gasteiger charge is -2.25. The predicted molar refractivity (Wildman–Crippen MR) is 105 cm³/mol. The van der Waals surface area contributed by atoms with Crippen molar-refractivity contribution < 1.29 is 17.9 Å². The molecule has 1 aromatic heterocycles. The number of hydrogen-bond acceptors (Lipinski definition) is 5. The first kappa shape index (κ1) is 21.1. The number of pyridine rings is 1. The second kappa shape index (κ2) is 8.63. The van der Waals surface area contributed by atoms with Gasteiger partial charge >= 0.3 is 5.97 Å². The lowest BCUT2D eigenvalue weighted by Crippen LogP contribution is -2.42. The second-order valence-corrected chi connectivity index (χ2v) is 9.64. The van der Waals surface area contributed by atoms with Gasteiger partial charge in [0.2, 0.25) is 10.0 Å². The first-order valence-corrected chi connectivity index (χ1v) is 10.3. The molecule has 0 radical (unpaired) electrons. The molecule has 0 spiro atoms. The first-order valence-electron chi connectivity index (χ1n) is 8.82. The summed E-state index contributed by atoms with van der Waals surface area (Å²) < 4.78 is 31.9. The first-order chi connectivity index (χ1) is 12.6. The van der Waals surface area contributed by atoms with Gasteiger partial charge in [-0.15, -0.1) is 0 Å². The zero-order chi connectivity index (χ0) is 20.1. The van der Waals surface area contributed by atoms with Gasteiger partial charge in [0.15, 0.2) is 0 Å². The maximum absolute atomic E-state index is 12.6. The Balaban J connectivity index is 2.40. The van der Waals surface area contributed by atoms with Crippen molar-refractivity contribution in [3.63, 3.8) is 0 Å². The van der Waals surface area contributed by atoms with Gasteiger partial charge in [-0.3, -0.25) is 9.78 Å². The van der Waals surface area contributed by atoms with Crippen LogP contribution in [0, 0.1) is 0 Å². The second-order valence-electron chi connectivity index (χ2n) is 7.17. The van der Waals surface area contributed by atoms with Crippen LogP contribution in [-0.4, -0.2) is 30.7 Å². The van der Waals surface area contributed by atoms with Crippen molar-refractivity contribution >= 4 is 16.0 Å². The minimum absolute atomic E-state index is 0.108. The van der Waals surface area contributed by atoms with Crippen molar-refractivity contribution in [2.75, 3.05) is 6.61 Å². The number of ether oxygens (including phenoxy) is 1. The fourth-order valence-electron chi connectivity index (χ4n) is 2.41. The minimum Gasteiger partial charge on any atom is -0.466 e. The van der Waals surface area contributed by atoms with E-state index in [1.165, 1.54) is 0 Å². The molecule has 0 saturated carbocycles. The van der Waals surface area contributed by atoms with E-state index in [0.29, 0.717) is 5.56 Å². The van der Waals surface area contributed by atoms with Gasteiger partial charge in [0.1, 0.15) is 0 Å². The molecule has 2 aromatic rings. The van der Waals surface area contributed by atoms with E-state index in [1.54, 1.807) is 40.1 Å². The van der Waals surface area contributed by atoms with Gasteiger partial charge in [0.05, 0.1) is 23.8 Å². The van der Waals surface area contributed by atoms with Crippen molar-refractivity contribution in [1.29, 1.82) is 0 Å². The van der Waals surface area contributed by atoms with E-state index in [1.807, 2.05) is 36.4 Å². The van der Waals surface area contributed by atoms with Gasteiger partial charge in [-0.2, -0.15) is 0 Å². The molecule has 1 aromatic carbocycles. The molecule has 0 amide bonds. The molecule has 0 bridgehead atoms. The van der Waals surface area contributed by atoms with Gasteiger partial charge in [0.25, 0.3) is 0 Å². The fraction of sp³-hybridized carbons (Fsp3) is 0.400. The Kier molecular flexibility index (Phi) is 6.73. The molecule has 7 heteroatoms. The summed E-state index contributed by atoms with van der Waals surface area (Å²) in [6.45, 7) is 6.77. The summed E-state index contributed by atoms with van der Waals surface area (Å²) in [5, 5.41) is 0. The molecule has 1 atom stereocenters. The Morgan fingerprint density at radius 2 is 1.81 bits per heavy atom. The number of esters is 1. The van der Waals surface area contributed by atoms with Crippen LogP contribution < -0.4 is 4.72 Å². The van der Waals surface area contributed by atoms with Gasteiger partial charge in [-0.25, -0.2) is 13.1 Å². The average molecular weight is 391 g/mol. The van der Waals surface area contributed by atoms with Gasteiger partial charge < -0.3 is 4.74 Å². The quantitative estimate of drug-likeness (QED) is 0.732. The summed E-state index contributed by atoms with van der Waals surface area (Å²) in [6.07, 6.45) is 3.17. The van der Waals surface area contributed by atoms with E-state index in [-0.39, 0.29) is 13.0 Å². The maximum atomic E-state index is 12.6. The molecule has 1 N–H and O–H groups in total. The van der Waals surface area contributed by atoms with E-state index >= 15 is 0 Å². The highest BCUT2D eigenvalue weighted by Crippen LogP contribution is 2.26.